The Hall–Kier alpha value is -5.19. The summed E-state index contributed by atoms with van der Waals surface area (Å²) in [6.07, 6.45) is 7.03. The maximum atomic E-state index is 12.9. The lowest BCUT2D eigenvalue weighted by atomic mass is 9.89. The van der Waals surface area contributed by atoms with Gasteiger partial charge in [-0.1, -0.05) is 140 Å². The molecule has 9 rings (SSSR count). The number of aromatic nitrogens is 4. The second-order valence-electron chi connectivity index (χ2n) is 15.4. The van der Waals surface area contributed by atoms with E-state index in [1.807, 2.05) is 60.7 Å². The molecule has 1 saturated carbocycles. The van der Waals surface area contributed by atoms with Gasteiger partial charge in [0.1, 0.15) is 0 Å². The molecule has 2 aromatic heterocycles. The van der Waals surface area contributed by atoms with Crippen LogP contribution in [-0.2, 0) is 43.8 Å². The Morgan fingerprint density at radius 1 is 0.621 bits per heavy atom. The van der Waals surface area contributed by atoms with E-state index in [1.165, 1.54) is 17.5 Å². The van der Waals surface area contributed by atoms with E-state index < -0.39 is 0 Å². The zero-order chi connectivity index (χ0) is 39.8. The van der Waals surface area contributed by atoms with Gasteiger partial charge < -0.3 is 5.73 Å². The number of hydrogen-bond donors (Lipinski definition) is 2. The highest BCUT2D eigenvalue weighted by atomic mass is 35.5. The fourth-order valence-corrected chi connectivity index (χ4v) is 8.75. The lowest BCUT2D eigenvalue weighted by molar-refractivity contribution is -0.120. The first-order valence-electron chi connectivity index (χ1n) is 20.3. The Balaban J connectivity index is 0.000000168. The molecule has 0 spiro atoms. The summed E-state index contributed by atoms with van der Waals surface area (Å²) >= 11 is 13.0. The molecule has 1 aliphatic carbocycles. The maximum absolute atomic E-state index is 12.9. The first-order valence-corrected chi connectivity index (χ1v) is 21.0. The van der Waals surface area contributed by atoms with Crippen LogP contribution in [0, 0.1) is 5.92 Å². The Bertz CT molecular complexity index is 2350. The molecule has 9 nitrogen and oxygen atoms in total. The fourth-order valence-electron chi connectivity index (χ4n) is 8.30. The quantitative estimate of drug-likeness (QED) is 0.156. The fraction of sp³-hybridized carbons (Fsp3) is 0.298. The molecule has 11 heteroatoms. The van der Waals surface area contributed by atoms with Gasteiger partial charge in [0.15, 0.2) is 0 Å². The molecule has 1 amide bonds. The van der Waals surface area contributed by atoms with Gasteiger partial charge >= 0.3 is 0 Å². The molecule has 4 aromatic carbocycles. The number of nitrogen functional groups attached to an aromatic ring is 1. The van der Waals surface area contributed by atoms with Crippen LogP contribution < -0.4 is 11.1 Å². The third-order valence-electron chi connectivity index (χ3n) is 11.3. The van der Waals surface area contributed by atoms with Crippen LogP contribution in [0.25, 0.3) is 22.5 Å². The molecule has 0 bridgehead atoms. The molecule has 6 aromatic rings. The Labute approximate surface area is 350 Å². The molecule has 4 heterocycles. The van der Waals surface area contributed by atoms with Crippen molar-refractivity contribution in [3.63, 3.8) is 0 Å². The molecular formula is C47H48Cl2N8O. The number of nitrogens with one attached hydrogen (secondary N) is 1. The number of amides is 1. The summed E-state index contributed by atoms with van der Waals surface area (Å²) in [5, 5.41) is 4.36. The van der Waals surface area contributed by atoms with E-state index in [-0.39, 0.29) is 11.8 Å². The number of carbonyl (C=O) groups is 1. The van der Waals surface area contributed by atoms with Crippen LogP contribution in [0.15, 0.2) is 109 Å². The van der Waals surface area contributed by atoms with Crippen molar-refractivity contribution < 1.29 is 4.79 Å². The average molecular weight is 812 g/mol. The number of carbonyl (C=O) groups excluding carboxylic acids is 1. The number of anilines is 2. The van der Waals surface area contributed by atoms with E-state index in [1.54, 1.807) is 0 Å². The monoisotopic (exact) mass is 810 g/mol. The highest BCUT2D eigenvalue weighted by Crippen LogP contribution is 2.35. The molecule has 1 fully saturated rings. The van der Waals surface area contributed by atoms with E-state index in [9.17, 15) is 4.79 Å². The van der Waals surface area contributed by atoms with Gasteiger partial charge in [-0.3, -0.25) is 19.9 Å². The van der Waals surface area contributed by atoms with E-state index in [0.29, 0.717) is 21.9 Å². The average Bonchev–Trinajstić information content (AvgIpc) is 3.25. The van der Waals surface area contributed by atoms with Gasteiger partial charge in [0.25, 0.3) is 0 Å². The Morgan fingerprint density at radius 2 is 1.10 bits per heavy atom. The number of fused-ring (bicyclic) bond motifs is 2. The third-order valence-corrected chi connectivity index (χ3v) is 11.9. The molecular weight excluding hydrogens is 763 g/mol. The van der Waals surface area contributed by atoms with E-state index >= 15 is 0 Å². The van der Waals surface area contributed by atoms with Crippen LogP contribution in [0.1, 0.15) is 65.7 Å². The van der Waals surface area contributed by atoms with Gasteiger partial charge in [-0.2, -0.15) is 0 Å². The van der Waals surface area contributed by atoms with Crippen LogP contribution in [-0.4, -0.2) is 48.7 Å². The second kappa shape index (κ2) is 18.6. The minimum Gasteiger partial charge on any atom is -0.368 e. The van der Waals surface area contributed by atoms with Gasteiger partial charge in [0.05, 0.1) is 22.8 Å². The molecule has 2 aliphatic heterocycles. The van der Waals surface area contributed by atoms with Crippen molar-refractivity contribution in [2.75, 3.05) is 24.1 Å². The van der Waals surface area contributed by atoms with Gasteiger partial charge in [0.2, 0.25) is 17.8 Å². The highest BCUT2D eigenvalue weighted by Gasteiger charge is 2.27. The minimum absolute atomic E-state index is 0.0428. The van der Waals surface area contributed by atoms with Crippen molar-refractivity contribution in [1.82, 2.24) is 29.7 Å². The molecule has 296 valence electrons. The lowest BCUT2D eigenvalue weighted by Gasteiger charge is -2.30. The van der Waals surface area contributed by atoms with Crippen molar-refractivity contribution >= 4 is 41.0 Å². The van der Waals surface area contributed by atoms with Gasteiger partial charge in [-0.25, -0.2) is 19.9 Å². The van der Waals surface area contributed by atoms with Crippen LogP contribution in [0.3, 0.4) is 0 Å². The van der Waals surface area contributed by atoms with Crippen molar-refractivity contribution in [1.29, 1.82) is 0 Å². The molecule has 0 atom stereocenters. The first-order chi connectivity index (χ1) is 28.4. The summed E-state index contributed by atoms with van der Waals surface area (Å²) in [5.74, 6) is 0.811. The summed E-state index contributed by atoms with van der Waals surface area (Å²) in [7, 11) is 0. The molecule has 58 heavy (non-hydrogen) atoms. The molecule has 3 aliphatic rings. The zero-order valence-corrected chi connectivity index (χ0v) is 34.1. The SMILES string of the molecule is Nc1nc2c(c(-c3ccccc3Cl)n1)CN(Cc1ccccc1)CC2.O=C(Nc1nc2c(c(-c3ccccc3Cl)n1)CN(Cc1ccccc1)CC2)C1CCCCC1. The summed E-state index contributed by atoms with van der Waals surface area (Å²) in [5.41, 5.74) is 16.3. The van der Waals surface area contributed by atoms with Crippen molar-refractivity contribution in [3.05, 3.63) is 153 Å². The molecule has 0 saturated heterocycles. The molecule has 3 N–H and O–H groups in total. The van der Waals surface area contributed by atoms with Crippen molar-refractivity contribution in [2.45, 2.75) is 71.1 Å². The summed E-state index contributed by atoms with van der Waals surface area (Å²) in [4.78, 5) is 36.3. The third kappa shape index (κ3) is 9.56. The predicted molar refractivity (Wildman–Crippen MR) is 233 cm³/mol. The molecule has 0 radical (unpaired) electrons. The highest BCUT2D eigenvalue weighted by molar-refractivity contribution is 6.33. The van der Waals surface area contributed by atoms with Crippen LogP contribution >= 0.6 is 23.2 Å². The normalized spacial score (nSPS) is 15.8. The van der Waals surface area contributed by atoms with Gasteiger partial charge in [-0.05, 0) is 36.1 Å². The number of nitrogens with two attached hydrogens (primary N) is 1. The number of benzene rings is 4. The zero-order valence-electron chi connectivity index (χ0n) is 32.6. The standard InChI is InChI=1S/C27H29ClN4O.C20H19ClN4/c28-23-14-8-7-13-21(23)25-22-18-32(17-19-9-3-1-4-10-19)16-15-24(22)29-27(30-25)31-26(33)20-11-5-2-6-12-20;21-17-9-5-4-8-15(17)19-16-13-25(12-14-6-2-1-3-7-14)11-10-18(16)23-20(22)24-19/h1,3-4,7-10,13-14,20H,2,5-6,11-12,15-18H2,(H,29,30,31,33);1-9H,10-13H2,(H2,22,23,24). The van der Waals surface area contributed by atoms with Gasteiger partial charge in [-0.15, -0.1) is 0 Å². The maximum Gasteiger partial charge on any atom is 0.230 e. The predicted octanol–water partition coefficient (Wildman–Crippen LogP) is 9.81. The smallest absolute Gasteiger partial charge is 0.230 e. The number of rotatable bonds is 8. The Morgan fingerprint density at radius 3 is 1.64 bits per heavy atom. The van der Waals surface area contributed by atoms with Crippen molar-refractivity contribution in [3.8, 4) is 22.5 Å². The first kappa shape index (κ1) is 39.6. The number of nitrogens with zero attached hydrogens (tertiary/aromatic N) is 6. The lowest BCUT2D eigenvalue weighted by Crippen LogP contribution is -2.32. The van der Waals surface area contributed by atoms with Crippen molar-refractivity contribution in [2.24, 2.45) is 5.92 Å². The second-order valence-corrected chi connectivity index (χ2v) is 16.2. The topological polar surface area (TPSA) is 113 Å². The van der Waals surface area contributed by atoms with E-state index in [0.717, 1.165) is 123 Å². The summed E-state index contributed by atoms with van der Waals surface area (Å²) in [6.45, 7) is 5.21. The van der Waals surface area contributed by atoms with Crippen LogP contribution in [0.4, 0.5) is 11.9 Å². The largest absolute Gasteiger partial charge is 0.368 e. The van der Waals surface area contributed by atoms with Crippen LogP contribution in [0.5, 0.6) is 0 Å². The summed E-state index contributed by atoms with van der Waals surface area (Å²) in [6, 6.07) is 36.6. The molecule has 0 unspecified atom stereocenters. The summed E-state index contributed by atoms with van der Waals surface area (Å²) < 4.78 is 0. The van der Waals surface area contributed by atoms with Crippen LogP contribution in [0.2, 0.25) is 10.0 Å². The van der Waals surface area contributed by atoms with E-state index in [4.69, 9.17) is 38.9 Å². The number of halogens is 2. The van der Waals surface area contributed by atoms with Gasteiger partial charge in [0, 0.05) is 90.3 Å². The van der Waals surface area contributed by atoms with E-state index in [2.05, 4.69) is 73.6 Å². The Kier molecular flexibility index (Phi) is 12.7. The minimum atomic E-state index is 0.0428. The number of hydrogen-bond acceptors (Lipinski definition) is 8.